The maximum atomic E-state index is 9.98. The fourth-order valence-corrected chi connectivity index (χ4v) is 4.93. The Hall–Kier alpha value is -1.52. The highest BCUT2D eigenvalue weighted by molar-refractivity contribution is 7.12. The number of phenolic OH excluding ortho intramolecular Hbond substituents is 1. The zero-order valence-corrected chi connectivity index (χ0v) is 13.2. The molecule has 3 nitrogen and oxygen atoms in total. The SMILES string of the molecule is COc1c(O)ccc2c1CN1CCc3cc(C)sc3[C@@H]1C2. The fraction of sp³-hybridized carbons (Fsp3) is 0.412. The average molecular weight is 301 g/mol. The van der Waals surface area contributed by atoms with E-state index in [0.29, 0.717) is 11.8 Å². The Morgan fingerprint density at radius 2 is 2.19 bits per heavy atom. The number of rotatable bonds is 1. The Labute approximate surface area is 128 Å². The lowest BCUT2D eigenvalue weighted by Crippen LogP contribution is -2.38. The van der Waals surface area contributed by atoms with Crippen molar-refractivity contribution in [2.45, 2.75) is 32.4 Å². The van der Waals surface area contributed by atoms with Crippen molar-refractivity contribution in [1.82, 2.24) is 4.90 Å². The van der Waals surface area contributed by atoms with E-state index < -0.39 is 0 Å². The number of phenols is 1. The zero-order valence-electron chi connectivity index (χ0n) is 12.3. The molecule has 0 bridgehead atoms. The van der Waals surface area contributed by atoms with Gasteiger partial charge >= 0.3 is 0 Å². The molecule has 0 amide bonds. The molecule has 2 aliphatic heterocycles. The number of aryl methyl sites for hydroxylation is 1. The van der Waals surface area contributed by atoms with E-state index in [9.17, 15) is 5.11 Å². The first-order valence-corrected chi connectivity index (χ1v) is 8.20. The topological polar surface area (TPSA) is 32.7 Å². The summed E-state index contributed by atoms with van der Waals surface area (Å²) in [7, 11) is 1.64. The van der Waals surface area contributed by atoms with Gasteiger partial charge in [-0.2, -0.15) is 0 Å². The van der Waals surface area contributed by atoms with Crippen LogP contribution in [0.3, 0.4) is 0 Å². The lowest BCUT2D eigenvalue weighted by atomic mass is 9.88. The van der Waals surface area contributed by atoms with E-state index >= 15 is 0 Å². The van der Waals surface area contributed by atoms with E-state index in [2.05, 4.69) is 24.0 Å². The molecular formula is C17H19NO2S. The molecule has 0 unspecified atom stereocenters. The second-order valence-corrected chi connectivity index (χ2v) is 7.23. The molecule has 0 aliphatic carbocycles. The Morgan fingerprint density at radius 3 is 3.00 bits per heavy atom. The summed E-state index contributed by atoms with van der Waals surface area (Å²) in [5.74, 6) is 0.901. The highest BCUT2D eigenvalue weighted by Gasteiger charge is 2.34. The molecule has 21 heavy (non-hydrogen) atoms. The van der Waals surface area contributed by atoms with E-state index in [0.717, 1.165) is 31.5 Å². The minimum absolute atomic E-state index is 0.249. The van der Waals surface area contributed by atoms with Gasteiger partial charge in [-0.1, -0.05) is 6.07 Å². The first-order chi connectivity index (χ1) is 10.2. The van der Waals surface area contributed by atoms with Crippen molar-refractivity contribution < 1.29 is 9.84 Å². The van der Waals surface area contributed by atoms with Crippen molar-refractivity contribution in [1.29, 1.82) is 0 Å². The van der Waals surface area contributed by atoms with Gasteiger partial charge in [0.25, 0.3) is 0 Å². The van der Waals surface area contributed by atoms with E-state index in [4.69, 9.17) is 4.74 Å². The van der Waals surface area contributed by atoms with Crippen LogP contribution in [0.4, 0.5) is 0 Å². The van der Waals surface area contributed by atoms with Crippen LogP contribution in [0, 0.1) is 6.92 Å². The summed E-state index contributed by atoms with van der Waals surface area (Å²) in [6, 6.07) is 6.66. The zero-order chi connectivity index (χ0) is 14.6. The van der Waals surface area contributed by atoms with Crippen molar-refractivity contribution in [2.75, 3.05) is 13.7 Å². The first kappa shape index (κ1) is 13.2. The van der Waals surface area contributed by atoms with Crippen molar-refractivity contribution in [2.24, 2.45) is 0 Å². The summed E-state index contributed by atoms with van der Waals surface area (Å²) in [6.45, 7) is 4.16. The Bertz CT molecular complexity index is 707. The molecule has 2 aliphatic rings. The summed E-state index contributed by atoms with van der Waals surface area (Å²) in [6.07, 6.45) is 2.14. The third-order valence-corrected chi connectivity index (χ3v) is 5.89. The van der Waals surface area contributed by atoms with Crippen LogP contribution in [0.25, 0.3) is 0 Å². The molecule has 0 spiro atoms. The molecule has 4 heteroatoms. The van der Waals surface area contributed by atoms with Crippen molar-refractivity contribution in [3.8, 4) is 11.5 Å². The van der Waals surface area contributed by atoms with Crippen LogP contribution in [0.5, 0.6) is 11.5 Å². The third-order valence-electron chi connectivity index (χ3n) is 4.69. The normalized spacial score (nSPS) is 20.6. The quantitative estimate of drug-likeness (QED) is 0.876. The predicted octanol–water partition coefficient (Wildman–Crippen LogP) is 3.43. The van der Waals surface area contributed by atoms with Gasteiger partial charge in [0.2, 0.25) is 0 Å². The van der Waals surface area contributed by atoms with Crippen LogP contribution in [0.15, 0.2) is 18.2 Å². The Balaban J connectivity index is 1.78. The molecule has 3 heterocycles. The van der Waals surface area contributed by atoms with Crippen LogP contribution < -0.4 is 4.74 Å². The van der Waals surface area contributed by atoms with Gasteiger partial charge in [0.05, 0.1) is 7.11 Å². The highest BCUT2D eigenvalue weighted by atomic mass is 32.1. The molecule has 0 saturated heterocycles. The molecular weight excluding hydrogens is 282 g/mol. The maximum Gasteiger partial charge on any atom is 0.165 e. The number of hydrogen-bond acceptors (Lipinski definition) is 4. The van der Waals surface area contributed by atoms with E-state index in [1.54, 1.807) is 13.2 Å². The molecule has 1 atom stereocenters. The summed E-state index contributed by atoms with van der Waals surface area (Å²) >= 11 is 1.94. The van der Waals surface area contributed by atoms with Crippen LogP contribution in [0.1, 0.15) is 32.5 Å². The number of aromatic hydroxyl groups is 1. The summed E-state index contributed by atoms with van der Waals surface area (Å²) < 4.78 is 5.42. The lowest BCUT2D eigenvalue weighted by Gasteiger charge is -2.40. The second-order valence-electron chi connectivity index (χ2n) is 5.94. The van der Waals surface area contributed by atoms with Gasteiger partial charge in [0.15, 0.2) is 11.5 Å². The van der Waals surface area contributed by atoms with Gasteiger partial charge in [-0.3, -0.25) is 4.90 Å². The third kappa shape index (κ3) is 1.97. The summed E-state index contributed by atoms with van der Waals surface area (Å²) in [5, 5.41) is 9.98. The monoisotopic (exact) mass is 301 g/mol. The van der Waals surface area contributed by atoms with Gasteiger partial charge in [-0.05, 0) is 43.0 Å². The molecule has 1 N–H and O–H groups in total. The van der Waals surface area contributed by atoms with Crippen LogP contribution in [-0.2, 0) is 19.4 Å². The predicted molar refractivity (Wildman–Crippen MR) is 84.3 cm³/mol. The molecule has 0 saturated carbocycles. The van der Waals surface area contributed by atoms with E-state index in [-0.39, 0.29) is 5.75 Å². The van der Waals surface area contributed by atoms with Crippen molar-refractivity contribution in [3.63, 3.8) is 0 Å². The molecule has 0 fully saturated rings. The first-order valence-electron chi connectivity index (χ1n) is 7.38. The highest BCUT2D eigenvalue weighted by Crippen LogP contribution is 2.45. The van der Waals surface area contributed by atoms with Gasteiger partial charge in [-0.15, -0.1) is 11.3 Å². The van der Waals surface area contributed by atoms with E-state index in [1.807, 2.05) is 11.3 Å². The molecule has 1 aromatic carbocycles. The average Bonchev–Trinajstić information content (AvgIpc) is 2.86. The minimum atomic E-state index is 0.249. The number of fused-ring (bicyclic) bond motifs is 4. The molecule has 110 valence electrons. The lowest BCUT2D eigenvalue weighted by molar-refractivity contribution is 0.161. The number of benzene rings is 1. The Kier molecular flexibility index (Phi) is 2.98. The minimum Gasteiger partial charge on any atom is -0.504 e. The Morgan fingerprint density at radius 1 is 1.33 bits per heavy atom. The maximum absolute atomic E-state index is 9.98. The summed E-state index contributed by atoms with van der Waals surface area (Å²) in [5.41, 5.74) is 4.00. The van der Waals surface area contributed by atoms with Gasteiger partial charge in [0, 0.05) is 34.4 Å². The summed E-state index contributed by atoms with van der Waals surface area (Å²) in [4.78, 5) is 5.48. The number of methoxy groups -OCH3 is 1. The fourth-order valence-electron chi connectivity index (χ4n) is 3.72. The van der Waals surface area contributed by atoms with Gasteiger partial charge < -0.3 is 9.84 Å². The van der Waals surface area contributed by atoms with Crippen LogP contribution in [0.2, 0.25) is 0 Å². The standard InChI is InChI=1S/C17H19NO2S/c1-10-7-12-5-6-18-9-13-11(8-14(18)17(12)21-10)3-4-15(19)16(13)20-2/h3-4,7,14,19H,5-6,8-9H2,1-2H3/t14-/m0/s1. The van der Waals surface area contributed by atoms with Crippen molar-refractivity contribution >= 4 is 11.3 Å². The number of ether oxygens (including phenoxy) is 1. The van der Waals surface area contributed by atoms with Crippen LogP contribution in [-0.4, -0.2) is 23.7 Å². The largest absolute Gasteiger partial charge is 0.504 e. The second kappa shape index (κ2) is 4.75. The van der Waals surface area contributed by atoms with Crippen LogP contribution >= 0.6 is 11.3 Å². The number of thiophene rings is 1. The number of nitrogens with zero attached hydrogens (tertiary/aromatic N) is 1. The van der Waals surface area contributed by atoms with Gasteiger partial charge in [0.1, 0.15) is 0 Å². The van der Waals surface area contributed by atoms with E-state index in [1.165, 1.54) is 20.9 Å². The molecule has 1 aromatic heterocycles. The van der Waals surface area contributed by atoms with Gasteiger partial charge in [-0.25, -0.2) is 0 Å². The smallest absolute Gasteiger partial charge is 0.165 e. The number of hydrogen-bond donors (Lipinski definition) is 1. The molecule has 4 rings (SSSR count). The molecule has 2 aromatic rings. The van der Waals surface area contributed by atoms with Crippen molar-refractivity contribution in [3.05, 3.63) is 44.6 Å². The molecule has 0 radical (unpaired) electrons.